The van der Waals surface area contributed by atoms with Crippen molar-refractivity contribution in [3.8, 4) is 0 Å². The Bertz CT molecular complexity index is 360. The number of alkyl halides is 3. The van der Waals surface area contributed by atoms with Crippen LogP contribution in [0, 0.1) is 0 Å². The molecule has 0 bridgehead atoms. The highest BCUT2D eigenvalue weighted by molar-refractivity contribution is 7.84. The second kappa shape index (κ2) is 5.83. The van der Waals surface area contributed by atoms with Crippen molar-refractivity contribution in [3.63, 3.8) is 0 Å². The van der Waals surface area contributed by atoms with Crippen LogP contribution in [0.3, 0.4) is 0 Å². The predicted octanol–water partition coefficient (Wildman–Crippen LogP) is 1.70. The van der Waals surface area contributed by atoms with Crippen molar-refractivity contribution in [2.45, 2.75) is 37.7 Å². The van der Waals surface area contributed by atoms with E-state index in [-0.39, 0.29) is 0 Å². The van der Waals surface area contributed by atoms with E-state index >= 15 is 0 Å². The summed E-state index contributed by atoms with van der Waals surface area (Å²) in [7, 11) is -1.05. The van der Waals surface area contributed by atoms with Gasteiger partial charge in [-0.1, -0.05) is 6.58 Å². The number of esters is 1. The second-order valence-corrected chi connectivity index (χ2v) is 6.49. The number of methoxy groups -OCH3 is 1. The summed E-state index contributed by atoms with van der Waals surface area (Å²) in [5.41, 5.74) is -0.831. The Morgan fingerprint density at radius 2 is 1.78 bits per heavy atom. The number of rotatable bonds is 4. The zero-order valence-electron chi connectivity index (χ0n) is 10.6. The largest absolute Gasteiger partial charge is 0.466 e. The van der Waals surface area contributed by atoms with Gasteiger partial charge in [-0.05, 0) is 20.8 Å². The molecule has 0 aliphatic heterocycles. The topological polar surface area (TPSA) is 55.4 Å². The average Bonchev–Trinajstić information content (AvgIpc) is 2.20. The zero-order valence-corrected chi connectivity index (χ0v) is 11.4. The summed E-state index contributed by atoms with van der Waals surface area (Å²) in [5, 5.41) is 0. The number of ether oxygens (including phenoxy) is 1. The molecule has 0 rings (SSSR count). The molecule has 4 nitrogen and oxygen atoms in total. The maximum Gasteiger partial charge on any atom is 0.409 e. The van der Waals surface area contributed by atoms with E-state index in [1.165, 1.54) is 20.8 Å². The van der Waals surface area contributed by atoms with Gasteiger partial charge in [0.2, 0.25) is 0 Å². The fraction of sp³-hybridized carbons (Fsp3) is 0.700. The van der Waals surface area contributed by atoms with Gasteiger partial charge in [0.15, 0.2) is 0 Å². The molecule has 0 fully saturated rings. The molecule has 0 aromatic rings. The molecule has 0 aromatic heterocycles. The van der Waals surface area contributed by atoms with Crippen molar-refractivity contribution in [1.29, 1.82) is 0 Å². The van der Waals surface area contributed by atoms with Crippen LogP contribution in [0.4, 0.5) is 13.2 Å². The van der Waals surface area contributed by atoms with Crippen LogP contribution >= 0.6 is 0 Å². The summed E-state index contributed by atoms with van der Waals surface area (Å²) < 4.78 is 55.0. The maximum atomic E-state index is 12.8. The quantitative estimate of drug-likeness (QED) is 0.632. The van der Waals surface area contributed by atoms with Gasteiger partial charge in [0.05, 0.1) is 28.4 Å². The molecule has 1 N–H and O–H groups in total. The van der Waals surface area contributed by atoms with Crippen molar-refractivity contribution >= 4 is 17.0 Å². The molecule has 8 heteroatoms. The molecular weight excluding hydrogens is 271 g/mol. The first-order chi connectivity index (χ1) is 7.91. The Morgan fingerprint density at radius 1 is 1.33 bits per heavy atom. The molecule has 2 atom stereocenters. The van der Waals surface area contributed by atoms with Gasteiger partial charge < -0.3 is 4.74 Å². The lowest BCUT2D eigenvalue weighted by molar-refractivity contribution is -0.153. The summed E-state index contributed by atoms with van der Waals surface area (Å²) in [5.74, 6) is -1.20. The van der Waals surface area contributed by atoms with E-state index in [1.807, 2.05) is 4.72 Å². The third-order valence-electron chi connectivity index (χ3n) is 1.90. The van der Waals surface area contributed by atoms with Crippen LogP contribution in [0.25, 0.3) is 0 Å². The summed E-state index contributed by atoms with van der Waals surface area (Å²) >= 11 is 0. The lowest BCUT2D eigenvalue weighted by Gasteiger charge is -2.26. The molecule has 0 aliphatic rings. The molecule has 0 saturated heterocycles. The van der Waals surface area contributed by atoms with Crippen molar-refractivity contribution in [2.24, 2.45) is 0 Å². The van der Waals surface area contributed by atoms with Gasteiger partial charge in [0.1, 0.15) is 6.04 Å². The smallest absolute Gasteiger partial charge is 0.409 e. The summed E-state index contributed by atoms with van der Waals surface area (Å²) in [6.45, 7) is 7.55. The molecule has 0 spiro atoms. The monoisotopic (exact) mass is 287 g/mol. The summed E-state index contributed by atoms with van der Waals surface area (Å²) in [4.78, 5) is 11.1. The first-order valence-corrected chi connectivity index (χ1v) is 6.08. The van der Waals surface area contributed by atoms with Gasteiger partial charge in [-0.15, -0.1) is 0 Å². The Morgan fingerprint density at radius 3 is 2.06 bits per heavy atom. The summed E-state index contributed by atoms with van der Waals surface area (Å²) in [6.07, 6.45) is -4.79. The molecule has 0 saturated carbocycles. The minimum absolute atomic E-state index is 0.831. The third kappa shape index (κ3) is 4.77. The van der Waals surface area contributed by atoms with E-state index in [0.717, 1.165) is 7.11 Å². The molecular formula is C10H16F3NO3S. The first-order valence-electron chi connectivity index (χ1n) is 4.93. The van der Waals surface area contributed by atoms with Gasteiger partial charge in [-0.3, -0.25) is 0 Å². The number of carbonyl (C=O) groups is 1. The first kappa shape index (κ1) is 17.1. The lowest BCUT2D eigenvalue weighted by atomic mass is 10.1. The van der Waals surface area contributed by atoms with Crippen LogP contribution in [0.2, 0.25) is 0 Å². The Kier molecular flexibility index (Phi) is 5.55. The number of nitrogens with one attached hydrogen (secondary N) is 1. The van der Waals surface area contributed by atoms with E-state index in [4.69, 9.17) is 0 Å². The Labute approximate surface area is 106 Å². The van der Waals surface area contributed by atoms with E-state index in [1.54, 1.807) is 0 Å². The van der Waals surface area contributed by atoms with Gasteiger partial charge in [0, 0.05) is 0 Å². The SMILES string of the molecule is C=C(C(=O)OC)[C@@H](NS(=O)C(C)(C)C)C(F)(F)F. The predicted molar refractivity (Wildman–Crippen MR) is 62.0 cm³/mol. The van der Waals surface area contributed by atoms with Crippen LogP contribution in [-0.2, 0) is 20.5 Å². The molecule has 18 heavy (non-hydrogen) atoms. The van der Waals surface area contributed by atoms with Crippen LogP contribution in [-0.4, -0.2) is 34.3 Å². The van der Waals surface area contributed by atoms with Crippen LogP contribution in [0.1, 0.15) is 20.8 Å². The van der Waals surface area contributed by atoms with Gasteiger partial charge in [0.25, 0.3) is 0 Å². The van der Waals surface area contributed by atoms with Crippen LogP contribution < -0.4 is 4.72 Å². The number of hydrogen-bond donors (Lipinski definition) is 1. The van der Waals surface area contributed by atoms with Gasteiger partial charge in [-0.2, -0.15) is 13.2 Å². The molecule has 0 amide bonds. The maximum absolute atomic E-state index is 12.8. The molecule has 1 unspecified atom stereocenters. The van der Waals surface area contributed by atoms with Gasteiger partial charge in [-0.25, -0.2) is 13.7 Å². The number of hydrogen-bond acceptors (Lipinski definition) is 3. The second-order valence-electron chi connectivity index (χ2n) is 4.49. The summed E-state index contributed by atoms with van der Waals surface area (Å²) in [6, 6.07) is -2.40. The highest BCUT2D eigenvalue weighted by Gasteiger charge is 2.45. The fourth-order valence-corrected chi connectivity index (χ4v) is 1.71. The number of carbonyl (C=O) groups excluding carboxylic acids is 1. The highest BCUT2D eigenvalue weighted by atomic mass is 32.2. The molecule has 0 radical (unpaired) electrons. The van der Waals surface area contributed by atoms with Crippen molar-refractivity contribution in [1.82, 2.24) is 4.72 Å². The van der Waals surface area contributed by atoms with Crippen LogP contribution in [0.15, 0.2) is 12.2 Å². The van der Waals surface area contributed by atoms with Gasteiger partial charge >= 0.3 is 12.1 Å². The molecule has 0 aliphatic carbocycles. The Hall–Kier alpha value is -0.890. The molecule has 0 heterocycles. The molecule has 0 aromatic carbocycles. The Balaban J connectivity index is 5.12. The molecule has 106 valence electrons. The van der Waals surface area contributed by atoms with Crippen molar-refractivity contribution < 1.29 is 26.9 Å². The van der Waals surface area contributed by atoms with Crippen molar-refractivity contribution in [2.75, 3.05) is 7.11 Å². The highest BCUT2D eigenvalue weighted by Crippen LogP contribution is 2.26. The minimum Gasteiger partial charge on any atom is -0.466 e. The minimum atomic E-state index is -4.79. The standard InChI is InChI=1S/C10H16F3NO3S/c1-6(8(15)17-5)7(10(11,12)13)14-18(16)9(2,3)4/h7,14H,1H2,2-5H3/t7-,18?/m1/s1. The van der Waals surface area contributed by atoms with E-state index in [0.29, 0.717) is 0 Å². The van der Waals surface area contributed by atoms with Crippen molar-refractivity contribution in [3.05, 3.63) is 12.2 Å². The lowest BCUT2D eigenvalue weighted by Crippen LogP contribution is -2.49. The van der Waals surface area contributed by atoms with E-state index in [2.05, 4.69) is 11.3 Å². The van der Waals surface area contributed by atoms with E-state index < -0.39 is 39.5 Å². The third-order valence-corrected chi connectivity index (χ3v) is 3.47. The average molecular weight is 287 g/mol. The normalized spacial score (nSPS) is 15.9. The van der Waals surface area contributed by atoms with E-state index in [9.17, 15) is 22.2 Å². The number of halogens is 3. The van der Waals surface area contributed by atoms with Crippen LogP contribution in [0.5, 0.6) is 0 Å². The fourth-order valence-electron chi connectivity index (χ4n) is 0.868. The zero-order chi connectivity index (χ0) is 14.7.